The molecule has 0 saturated carbocycles. The molecule has 2 aromatic heterocycles. The van der Waals surface area contributed by atoms with Gasteiger partial charge < -0.3 is 23.4 Å². The van der Waals surface area contributed by atoms with E-state index in [0.29, 0.717) is 49.1 Å². The monoisotopic (exact) mass is 472 g/mol. The van der Waals surface area contributed by atoms with Crippen LogP contribution in [0.2, 0.25) is 0 Å². The van der Waals surface area contributed by atoms with Crippen LogP contribution in [0.25, 0.3) is 11.7 Å². The summed E-state index contributed by atoms with van der Waals surface area (Å²) in [4.78, 5) is 20.6. The van der Waals surface area contributed by atoms with Crippen molar-refractivity contribution in [1.29, 1.82) is 5.26 Å². The lowest BCUT2D eigenvalue weighted by molar-refractivity contribution is 0.0745. The van der Waals surface area contributed by atoms with Gasteiger partial charge in [-0.25, -0.2) is 4.39 Å². The molecule has 0 radical (unpaired) electrons. The molecule has 9 heteroatoms. The maximum Gasteiger partial charge on any atom is 0.266 e. The number of nitrogens with zero attached hydrogens (tertiary/aromatic N) is 4. The van der Waals surface area contributed by atoms with Crippen molar-refractivity contribution in [3.8, 4) is 23.5 Å². The average Bonchev–Trinajstić information content (AvgIpc) is 3.55. The van der Waals surface area contributed by atoms with E-state index in [1.165, 1.54) is 24.3 Å². The van der Waals surface area contributed by atoms with Gasteiger partial charge >= 0.3 is 0 Å². The zero-order valence-corrected chi connectivity index (χ0v) is 18.7. The lowest BCUT2D eigenvalue weighted by Crippen LogP contribution is -2.48. The Bertz CT molecular complexity index is 1350. The fourth-order valence-electron chi connectivity index (χ4n) is 3.83. The van der Waals surface area contributed by atoms with E-state index < -0.39 is 0 Å². The number of hydrogen-bond donors (Lipinski definition) is 0. The SMILES string of the molecule is N#Cc1nc(-c2ccc(COc3ccccc3)o2)oc1N1CCN(C(=O)c2ccc(F)cc2)CC1. The van der Waals surface area contributed by atoms with Crippen LogP contribution in [-0.4, -0.2) is 42.0 Å². The summed E-state index contributed by atoms with van der Waals surface area (Å²) in [6, 6.07) is 20.5. The van der Waals surface area contributed by atoms with Crippen LogP contribution in [0.1, 0.15) is 21.8 Å². The first kappa shape index (κ1) is 22.2. The van der Waals surface area contributed by atoms with Gasteiger partial charge in [-0.05, 0) is 48.5 Å². The molecule has 1 aliphatic rings. The number of para-hydroxylation sites is 1. The molecule has 4 aromatic rings. The Kier molecular flexibility index (Phi) is 6.18. The van der Waals surface area contributed by atoms with Gasteiger partial charge in [0.1, 0.15) is 30.0 Å². The van der Waals surface area contributed by atoms with Crippen molar-refractivity contribution in [2.45, 2.75) is 6.61 Å². The van der Waals surface area contributed by atoms with Gasteiger partial charge in [0, 0.05) is 31.7 Å². The quantitative estimate of drug-likeness (QED) is 0.408. The largest absolute Gasteiger partial charge is 0.486 e. The predicted molar refractivity (Wildman–Crippen MR) is 124 cm³/mol. The molecule has 8 nitrogen and oxygen atoms in total. The summed E-state index contributed by atoms with van der Waals surface area (Å²) < 4.78 is 30.6. The summed E-state index contributed by atoms with van der Waals surface area (Å²) in [5.74, 6) is 1.71. The molecule has 3 heterocycles. The second kappa shape index (κ2) is 9.73. The summed E-state index contributed by atoms with van der Waals surface area (Å²) in [5.41, 5.74) is 0.584. The zero-order valence-electron chi connectivity index (χ0n) is 18.7. The molecule has 35 heavy (non-hydrogen) atoms. The molecule has 1 aliphatic heterocycles. The number of furan rings is 1. The van der Waals surface area contributed by atoms with Gasteiger partial charge in [-0.2, -0.15) is 10.2 Å². The molecule has 0 unspecified atom stereocenters. The van der Waals surface area contributed by atoms with Crippen molar-refractivity contribution in [2.24, 2.45) is 0 Å². The topological polar surface area (TPSA) is 95.7 Å². The van der Waals surface area contributed by atoms with Crippen molar-refractivity contribution in [2.75, 3.05) is 31.1 Å². The van der Waals surface area contributed by atoms with Gasteiger partial charge in [-0.15, -0.1) is 0 Å². The number of carbonyl (C=O) groups is 1. The minimum absolute atomic E-state index is 0.150. The first-order valence-electron chi connectivity index (χ1n) is 11.1. The number of piperazine rings is 1. The standard InChI is InChI=1S/C26H21FN4O4/c27-19-8-6-18(7-9-19)25(32)30-12-14-31(15-13-30)26-22(16-28)29-24(35-26)23-11-10-21(34-23)17-33-20-4-2-1-3-5-20/h1-11H,12-15,17H2. The molecule has 1 saturated heterocycles. The molecule has 1 amide bonds. The van der Waals surface area contributed by atoms with E-state index in [2.05, 4.69) is 11.1 Å². The van der Waals surface area contributed by atoms with Crippen LogP contribution in [0, 0.1) is 17.1 Å². The van der Waals surface area contributed by atoms with E-state index in [9.17, 15) is 14.4 Å². The Labute approximate surface area is 200 Å². The number of halogens is 1. The van der Waals surface area contributed by atoms with Crippen LogP contribution >= 0.6 is 0 Å². The van der Waals surface area contributed by atoms with Crippen LogP contribution in [0.4, 0.5) is 10.3 Å². The first-order valence-corrected chi connectivity index (χ1v) is 11.1. The van der Waals surface area contributed by atoms with Crippen molar-refractivity contribution in [3.05, 3.63) is 89.6 Å². The second-order valence-corrected chi connectivity index (χ2v) is 7.94. The third-order valence-corrected chi connectivity index (χ3v) is 5.66. The number of nitriles is 1. The van der Waals surface area contributed by atoms with Gasteiger partial charge in [-0.1, -0.05) is 18.2 Å². The average molecular weight is 472 g/mol. The Balaban J connectivity index is 1.24. The molecule has 5 rings (SSSR count). The highest BCUT2D eigenvalue weighted by Crippen LogP contribution is 2.30. The smallest absolute Gasteiger partial charge is 0.266 e. The molecule has 0 N–H and O–H groups in total. The lowest BCUT2D eigenvalue weighted by atomic mass is 10.2. The fraction of sp³-hybridized carbons (Fsp3) is 0.192. The molecule has 176 valence electrons. The number of benzene rings is 2. The van der Waals surface area contributed by atoms with E-state index >= 15 is 0 Å². The number of ether oxygens (including phenoxy) is 1. The van der Waals surface area contributed by atoms with Crippen LogP contribution in [-0.2, 0) is 6.61 Å². The molecular weight excluding hydrogens is 451 g/mol. The minimum atomic E-state index is -0.385. The van der Waals surface area contributed by atoms with Gasteiger partial charge in [0.25, 0.3) is 11.8 Å². The molecule has 0 spiro atoms. The summed E-state index contributed by atoms with van der Waals surface area (Å²) in [5, 5.41) is 9.59. The number of amides is 1. The van der Waals surface area contributed by atoms with E-state index in [0.717, 1.165) is 5.75 Å². The minimum Gasteiger partial charge on any atom is -0.486 e. The van der Waals surface area contributed by atoms with Crippen LogP contribution in [0.3, 0.4) is 0 Å². The Morgan fingerprint density at radius 1 is 1.00 bits per heavy atom. The lowest BCUT2D eigenvalue weighted by Gasteiger charge is -2.34. The number of hydrogen-bond acceptors (Lipinski definition) is 7. The highest BCUT2D eigenvalue weighted by molar-refractivity contribution is 5.94. The van der Waals surface area contributed by atoms with Gasteiger partial charge in [-0.3, -0.25) is 4.79 Å². The predicted octanol–water partition coefficient (Wildman–Crippen LogP) is 4.49. The fourth-order valence-corrected chi connectivity index (χ4v) is 3.83. The number of anilines is 1. The van der Waals surface area contributed by atoms with E-state index in [-0.39, 0.29) is 29.9 Å². The summed E-state index contributed by atoms with van der Waals surface area (Å²) in [6.45, 7) is 2.03. The summed E-state index contributed by atoms with van der Waals surface area (Å²) >= 11 is 0. The van der Waals surface area contributed by atoms with Crippen LogP contribution in [0.15, 0.2) is 75.6 Å². The maximum absolute atomic E-state index is 13.2. The normalized spacial score (nSPS) is 13.5. The number of oxazole rings is 1. The van der Waals surface area contributed by atoms with Crippen molar-refractivity contribution >= 4 is 11.8 Å². The van der Waals surface area contributed by atoms with Gasteiger partial charge in [0.15, 0.2) is 5.76 Å². The van der Waals surface area contributed by atoms with Gasteiger partial charge in [0.05, 0.1) is 0 Å². The first-order chi connectivity index (χ1) is 17.1. The highest BCUT2D eigenvalue weighted by Gasteiger charge is 2.27. The second-order valence-electron chi connectivity index (χ2n) is 7.94. The summed E-state index contributed by atoms with van der Waals surface area (Å²) in [6.07, 6.45) is 0. The molecular formula is C26H21FN4O4. The maximum atomic E-state index is 13.2. The molecule has 0 bridgehead atoms. The van der Waals surface area contributed by atoms with Crippen LogP contribution < -0.4 is 9.64 Å². The van der Waals surface area contributed by atoms with E-state index in [1.807, 2.05) is 35.2 Å². The van der Waals surface area contributed by atoms with E-state index in [4.69, 9.17) is 13.6 Å². The number of carbonyl (C=O) groups excluding carboxylic acids is 1. The van der Waals surface area contributed by atoms with E-state index in [1.54, 1.807) is 17.0 Å². The highest BCUT2D eigenvalue weighted by atomic mass is 19.1. The van der Waals surface area contributed by atoms with Crippen LogP contribution in [0.5, 0.6) is 5.75 Å². The Morgan fingerprint density at radius 3 is 2.46 bits per heavy atom. The Morgan fingerprint density at radius 2 is 1.74 bits per heavy atom. The van der Waals surface area contributed by atoms with Crippen molar-refractivity contribution < 1.29 is 22.8 Å². The molecule has 2 aromatic carbocycles. The molecule has 0 atom stereocenters. The van der Waals surface area contributed by atoms with Crippen molar-refractivity contribution in [3.63, 3.8) is 0 Å². The molecule has 0 aliphatic carbocycles. The number of rotatable bonds is 6. The third kappa shape index (κ3) is 4.87. The third-order valence-electron chi connectivity index (χ3n) is 5.66. The van der Waals surface area contributed by atoms with Crippen molar-refractivity contribution in [1.82, 2.24) is 9.88 Å². The Hall–Kier alpha value is -4.58. The number of aromatic nitrogens is 1. The summed E-state index contributed by atoms with van der Waals surface area (Å²) in [7, 11) is 0. The molecule has 1 fully saturated rings. The van der Waals surface area contributed by atoms with Gasteiger partial charge in [0.2, 0.25) is 11.6 Å². The zero-order chi connectivity index (χ0) is 24.2.